The molecule has 0 aliphatic heterocycles. The minimum absolute atomic E-state index is 0.181. The van der Waals surface area contributed by atoms with Crippen molar-refractivity contribution in [1.82, 2.24) is 0 Å². The lowest BCUT2D eigenvalue weighted by Gasteiger charge is -2.18. The molecule has 0 saturated heterocycles. The highest BCUT2D eigenvalue weighted by molar-refractivity contribution is 5.88. The Hall–Kier alpha value is -1.43. The van der Waals surface area contributed by atoms with Crippen molar-refractivity contribution in [1.29, 1.82) is 0 Å². The Morgan fingerprint density at radius 2 is 2.18 bits per heavy atom. The molecule has 5 heteroatoms. The quantitative estimate of drug-likeness (QED) is 0.596. The summed E-state index contributed by atoms with van der Waals surface area (Å²) >= 11 is 0. The molecule has 94 valence electrons. The van der Waals surface area contributed by atoms with Crippen LogP contribution < -0.4 is 11.1 Å². The fourth-order valence-corrected chi connectivity index (χ4v) is 1.55. The number of hydrogen-bond acceptors (Lipinski definition) is 4. The number of nitrogens with two attached hydrogens (primary N) is 1. The Labute approximate surface area is 100 Å². The average molecular weight is 238 g/mol. The van der Waals surface area contributed by atoms with Crippen molar-refractivity contribution in [3.8, 4) is 0 Å². The summed E-state index contributed by atoms with van der Waals surface area (Å²) in [5, 5.41) is 22.1. The first kappa shape index (κ1) is 13.6. The lowest BCUT2D eigenvalue weighted by atomic mass is 10.0. The third kappa shape index (κ3) is 4.14. The van der Waals surface area contributed by atoms with Crippen molar-refractivity contribution in [3.05, 3.63) is 29.8 Å². The van der Waals surface area contributed by atoms with Crippen LogP contribution in [0.2, 0.25) is 0 Å². The zero-order valence-electron chi connectivity index (χ0n) is 9.76. The third-order valence-electron chi connectivity index (χ3n) is 2.38. The SMILES string of the molecule is CC(=O)Nc1cccc(C(O)C(O)CCN)c1. The summed E-state index contributed by atoms with van der Waals surface area (Å²) in [4.78, 5) is 10.9. The molecular formula is C12H18N2O3. The predicted octanol–water partition coefficient (Wildman–Crippen LogP) is 0.388. The van der Waals surface area contributed by atoms with Gasteiger partial charge >= 0.3 is 0 Å². The highest BCUT2D eigenvalue weighted by Crippen LogP contribution is 2.21. The zero-order valence-corrected chi connectivity index (χ0v) is 9.76. The molecule has 1 aromatic carbocycles. The highest BCUT2D eigenvalue weighted by atomic mass is 16.3. The number of aliphatic hydroxyl groups is 2. The smallest absolute Gasteiger partial charge is 0.221 e. The molecule has 0 bridgehead atoms. The van der Waals surface area contributed by atoms with Crippen LogP contribution in [0.15, 0.2) is 24.3 Å². The summed E-state index contributed by atoms with van der Waals surface area (Å²) in [5.41, 5.74) is 6.46. The van der Waals surface area contributed by atoms with Gasteiger partial charge in [-0.05, 0) is 30.7 Å². The van der Waals surface area contributed by atoms with Crippen LogP contribution in [0, 0.1) is 0 Å². The molecule has 0 spiro atoms. The Morgan fingerprint density at radius 3 is 2.76 bits per heavy atom. The van der Waals surface area contributed by atoms with Gasteiger partial charge in [0.1, 0.15) is 6.10 Å². The van der Waals surface area contributed by atoms with Gasteiger partial charge in [0.15, 0.2) is 0 Å². The minimum Gasteiger partial charge on any atom is -0.390 e. The average Bonchev–Trinajstić information content (AvgIpc) is 2.28. The predicted molar refractivity (Wildman–Crippen MR) is 65.4 cm³/mol. The van der Waals surface area contributed by atoms with Gasteiger partial charge in [-0.1, -0.05) is 12.1 Å². The van der Waals surface area contributed by atoms with Crippen LogP contribution in [0.5, 0.6) is 0 Å². The lowest BCUT2D eigenvalue weighted by molar-refractivity contribution is -0.114. The summed E-state index contributed by atoms with van der Waals surface area (Å²) in [6.07, 6.45) is -1.56. The second-order valence-corrected chi connectivity index (χ2v) is 3.90. The maximum atomic E-state index is 10.9. The first-order valence-electron chi connectivity index (χ1n) is 5.48. The topological polar surface area (TPSA) is 95.6 Å². The molecule has 0 aliphatic carbocycles. The lowest BCUT2D eigenvalue weighted by Crippen LogP contribution is -2.21. The fraction of sp³-hybridized carbons (Fsp3) is 0.417. The molecule has 0 saturated carbocycles. The van der Waals surface area contributed by atoms with Crippen molar-refractivity contribution in [2.75, 3.05) is 11.9 Å². The van der Waals surface area contributed by atoms with Crippen LogP contribution in [-0.2, 0) is 4.79 Å². The number of anilines is 1. The van der Waals surface area contributed by atoms with Crippen molar-refractivity contribution in [2.45, 2.75) is 25.6 Å². The van der Waals surface area contributed by atoms with Gasteiger partial charge < -0.3 is 21.3 Å². The van der Waals surface area contributed by atoms with Crippen molar-refractivity contribution in [2.24, 2.45) is 5.73 Å². The largest absolute Gasteiger partial charge is 0.390 e. The summed E-state index contributed by atoms with van der Waals surface area (Å²) < 4.78 is 0. The molecule has 0 aromatic heterocycles. The van der Waals surface area contributed by atoms with E-state index in [1.807, 2.05) is 0 Å². The number of benzene rings is 1. The molecule has 5 N–H and O–H groups in total. The first-order valence-corrected chi connectivity index (χ1v) is 5.48. The van der Waals surface area contributed by atoms with Crippen LogP contribution in [0.3, 0.4) is 0 Å². The van der Waals surface area contributed by atoms with Gasteiger partial charge in [-0.3, -0.25) is 4.79 Å². The molecule has 1 amide bonds. The molecular weight excluding hydrogens is 220 g/mol. The maximum absolute atomic E-state index is 10.9. The monoisotopic (exact) mass is 238 g/mol. The van der Waals surface area contributed by atoms with Crippen molar-refractivity contribution < 1.29 is 15.0 Å². The molecule has 0 aliphatic rings. The molecule has 1 rings (SSSR count). The second kappa shape index (κ2) is 6.34. The van der Waals surface area contributed by atoms with E-state index in [9.17, 15) is 15.0 Å². The Bertz CT molecular complexity index is 382. The molecule has 0 radical (unpaired) electrons. The molecule has 5 nitrogen and oxygen atoms in total. The number of amides is 1. The molecule has 1 aromatic rings. The van der Waals surface area contributed by atoms with Crippen LogP contribution in [0.25, 0.3) is 0 Å². The van der Waals surface area contributed by atoms with E-state index in [-0.39, 0.29) is 5.91 Å². The number of nitrogens with one attached hydrogen (secondary N) is 1. The second-order valence-electron chi connectivity index (χ2n) is 3.90. The number of aliphatic hydroxyl groups excluding tert-OH is 2. The standard InChI is InChI=1S/C12H18N2O3/c1-8(15)14-10-4-2-3-9(7-10)12(17)11(16)5-6-13/h2-4,7,11-12,16-17H,5-6,13H2,1H3,(H,14,15). The number of carbonyl (C=O) groups excluding carboxylic acids is 1. The Kier molecular flexibility index (Phi) is 5.09. The van der Waals surface area contributed by atoms with Gasteiger partial charge in [0.2, 0.25) is 5.91 Å². The van der Waals surface area contributed by atoms with Gasteiger partial charge in [-0.2, -0.15) is 0 Å². The van der Waals surface area contributed by atoms with Gasteiger partial charge in [0, 0.05) is 12.6 Å². The summed E-state index contributed by atoms with van der Waals surface area (Å²) in [6.45, 7) is 1.72. The van der Waals surface area contributed by atoms with E-state index in [1.165, 1.54) is 6.92 Å². The summed E-state index contributed by atoms with van der Waals surface area (Å²) in [5.74, 6) is -0.181. The van der Waals surface area contributed by atoms with Crippen LogP contribution >= 0.6 is 0 Å². The van der Waals surface area contributed by atoms with E-state index in [2.05, 4.69) is 5.32 Å². The van der Waals surface area contributed by atoms with Crippen LogP contribution in [-0.4, -0.2) is 28.8 Å². The van der Waals surface area contributed by atoms with E-state index in [0.717, 1.165) is 0 Å². The third-order valence-corrected chi connectivity index (χ3v) is 2.38. The van der Waals surface area contributed by atoms with E-state index in [0.29, 0.717) is 24.2 Å². The molecule has 2 atom stereocenters. The first-order chi connectivity index (χ1) is 8.04. The van der Waals surface area contributed by atoms with Crippen molar-refractivity contribution in [3.63, 3.8) is 0 Å². The number of hydrogen-bond donors (Lipinski definition) is 4. The molecule has 0 heterocycles. The molecule has 17 heavy (non-hydrogen) atoms. The van der Waals surface area contributed by atoms with Gasteiger partial charge in [-0.25, -0.2) is 0 Å². The van der Waals surface area contributed by atoms with Crippen LogP contribution in [0.4, 0.5) is 5.69 Å². The van der Waals surface area contributed by atoms with E-state index < -0.39 is 12.2 Å². The Balaban J connectivity index is 2.79. The minimum atomic E-state index is -0.993. The highest BCUT2D eigenvalue weighted by Gasteiger charge is 2.17. The van der Waals surface area contributed by atoms with Crippen LogP contribution in [0.1, 0.15) is 25.0 Å². The van der Waals surface area contributed by atoms with E-state index in [1.54, 1.807) is 24.3 Å². The van der Waals surface area contributed by atoms with Gasteiger partial charge in [0.05, 0.1) is 6.10 Å². The number of carbonyl (C=O) groups is 1. The fourth-order valence-electron chi connectivity index (χ4n) is 1.55. The van der Waals surface area contributed by atoms with E-state index in [4.69, 9.17) is 5.73 Å². The summed E-state index contributed by atoms with van der Waals surface area (Å²) in [6, 6.07) is 6.74. The molecule has 2 unspecified atom stereocenters. The normalized spacial score (nSPS) is 14.1. The zero-order chi connectivity index (χ0) is 12.8. The van der Waals surface area contributed by atoms with E-state index >= 15 is 0 Å². The maximum Gasteiger partial charge on any atom is 0.221 e. The van der Waals surface area contributed by atoms with Gasteiger partial charge in [0.25, 0.3) is 0 Å². The van der Waals surface area contributed by atoms with Gasteiger partial charge in [-0.15, -0.1) is 0 Å². The number of rotatable bonds is 5. The Morgan fingerprint density at radius 1 is 1.47 bits per heavy atom. The molecule has 0 fully saturated rings. The summed E-state index contributed by atoms with van der Waals surface area (Å²) in [7, 11) is 0. The van der Waals surface area contributed by atoms with Crippen molar-refractivity contribution >= 4 is 11.6 Å².